The number of rotatable bonds is 6. The molecule has 10 heteroatoms. The van der Waals surface area contributed by atoms with Gasteiger partial charge in [-0.2, -0.15) is 0 Å². The predicted octanol–water partition coefficient (Wildman–Crippen LogP) is 2.99. The molecule has 1 saturated heterocycles. The molecule has 0 bridgehead atoms. The van der Waals surface area contributed by atoms with Crippen LogP contribution in [0, 0.1) is 0 Å². The van der Waals surface area contributed by atoms with E-state index in [-0.39, 0.29) is 17.8 Å². The SMILES string of the molecule is CC(COc1cnc(C(C)S(C)(=O)=O)nc1)N1CCC2(CC1)C(=O)Nc1ccc(Cl)cc12. The second kappa shape index (κ2) is 8.61. The molecule has 1 amide bonds. The number of likely N-dealkylation sites (tertiary alicyclic amines) is 1. The van der Waals surface area contributed by atoms with Gasteiger partial charge in [-0.15, -0.1) is 0 Å². The molecule has 8 nitrogen and oxygen atoms in total. The fraction of sp³-hybridized carbons (Fsp3) is 0.500. The average molecular weight is 479 g/mol. The molecule has 1 aromatic carbocycles. The van der Waals surface area contributed by atoms with Crippen LogP contribution in [0.1, 0.15) is 43.3 Å². The first-order valence-corrected chi connectivity index (χ1v) is 12.9. The molecule has 172 valence electrons. The summed E-state index contributed by atoms with van der Waals surface area (Å²) in [6.07, 6.45) is 5.62. The molecule has 0 radical (unpaired) electrons. The number of piperidine rings is 1. The minimum atomic E-state index is -3.25. The van der Waals surface area contributed by atoms with E-state index in [0.29, 0.717) is 17.4 Å². The Kier molecular flexibility index (Phi) is 6.17. The van der Waals surface area contributed by atoms with Crippen LogP contribution in [0.4, 0.5) is 5.69 Å². The van der Waals surface area contributed by atoms with Crippen molar-refractivity contribution in [3.05, 3.63) is 47.0 Å². The summed E-state index contributed by atoms with van der Waals surface area (Å²) in [4.78, 5) is 23.4. The number of benzene rings is 1. The number of aromatic nitrogens is 2. The third kappa shape index (κ3) is 4.33. The molecule has 2 aliphatic heterocycles. The van der Waals surface area contributed by atoms with Gasteiger partial charge in [-0.1, -0.05) is 11.6 Å². The maximum absolute atomic E-state index is 12.8. The quantitative estimate of drug-likeness (QED) is 0.680. The highest BCUT2D eigenvalue weighted by atomic mass is 35.5. The summed E-state index contributed by atoms with van der Waals surface area (Å²) in [5, 5.41) is 2.89. The number of nitrogens with zero attached hydrogens (tertiary/aromatic N) is 3. The lowest BCUT2D eigenvalue weighted by Crippen LogP contribution is -2.50. The van der Waals surface area contributed by atoms with Gasteiger partial charge in [0, 0.05) is 23.0 Å². The van der Waals surface area contributed by atoms with Gasteiger partial charge in [-0.3, -0.25) is 9.69 Å². The van der Waals surface area contributed by atoms with E-state index in [2.05, 4.69) is 27.1 Å². The Morgan fingerprint density at radius 2 is 1.88 bits per heavy atom. The number of carbonyl (C=O) groups excluding carboxylic acids is 1. The molecular weight excluding hydrogens is 452 g/mol. The van der Waals surface area contributed by atoms with Crippen LogP contribution in [0.5, 0.6) is 5.75 Å². The molecule has 0 saturated carbocycles. The van der Waals surface area contributed by atoms with Gasteiger partial charge in [-0.25, -0.2) is 18.4 Å². The fourth-order valence-electron chi connectivity index (χ4n) is 4.35. The summed E-state index contributed by atoms with van der Waals surface area (Å²) < 4.78 is 29.2. The lowest BCUT2D eigenvalue weighted by molar-refractivity contribution is -0.122. The molecule has 3 heterocycles. The number of sulfone groups is 1. The zero-order chi connectivity index (χ0) is 23.1. The number of ether oxygens (including phenoxy) is 1. The van der Waals surface area contributed by atoms with Crippen molar-refractivity contribution in [3.8, 4) is 5.75 Å². The number of halogens is 1. The third-order valence-electron chi connectivity index (χ3n) is 6.60. The molecule has 0 aliphatic carbocycles. The molecule has 2 unspecified atom stereocenters. The van der Waals surface area contributed by atoms with Crippen LogP contribution in [0.25, 0.3) is 0 Å². The minimum Gasteiger partial charge on any atom is -0.489 e. The Labute approximate surface area is 193 Å². The van der Waals surface area contributed by atoms with Gasteiger partial charge in [-0.05, 0) is 63.5 Å². The van der Waals surface area contributed by atoms with E-state index in [1.54, 1.807) is 13.0 Å². The summed E-state index contributed by atoms with van der Waals surface area (Å²) in [6, 6.07) is 5.71. The normalized spacial score (nSPS) is 19.9. The monoisotopic (exact) mass is 478 g/mol. The molecule has 4 rings (SSSR count). The highest BCUT2D eigenvalue weighted by molar-refractivity contribution is 7.90. The Hall–Kier alpha value is -2.23. The van der Waals surface area contributed by atoms with E-state index in [0.717, 1.165) is 43.4 Å². The average Bonchev–Trinajstić information content (AvgIpc) is 3.02. The van der Waals surface area contributed by atoms with Gasteiger partial charge in [0.25, 0.3) is 0 Å². The largest absolute Gasteiger partial charge is 0.489 e. The summed E-state index contributed by atoms with van der Waals surface area (Å²) >= 11 is 6.20. The molecule has 32 heavy (non-hydrogen) atoms. The van der Waals surface area contributed by atoms with Crippen LogP contribution >= 0.6 is 11.6 Å². The van der Waals surface area contributed by atoms with Gasteiger partial charge in [0.1, 0.15) is 17.7 Å². The zero-order valence-corrected chi connectivity index (χ0v) is 19.9. The fourth-order valence-corrected chi connectivity index (χ4v) is 5.03. The number of amides is 1. The number of anilines is 1. The molecule has 1 N–H and O–H groups in total. The van der Waals surface area contributed by atoms with Crippen LogP contribution in [0.3, 0.4) is 0 Å². The Balaban J connectivity index is 1.34. The third-order valence-corrected chi connectivity index (χ3v) is 8.33. The van der Waals surface area contributed by atoms with Crippen LogP contribution in [0.15, 0.2) is 30.6 Å². The summed E-state index contributed by atoms with van der Waals surface area (Å²) in [7, 11) is -3.25. The summed E-state index contributed by atoms with van der Waals surface area (Å²) in [5.41, 5.74) is 1.34. The number of hydrogen-bond acceptors (Lipinski definition) is 7. The number of nitrogens with one attached hydrogen (secondary N) is 1. The number of hydrogen-bond donors (Lipinski definition) is 1. The second-order valence-corrected chi connectivity index (χ2v) is 11.5. The van der Waals surface area contributed by atoms with E-state index in [1.807, 2.05) is 12.1 Å². The van der Waals surface area contributed by atoms with Crippen molar-refractivity contribution in [3.63, 3.8) is 0 Å². The predicted molar refractivity (Wildman–Crippen MR) is 123 cm³/mol. The highest BCUT2D eigenvalue weighted by Gasteiger charge is 2.48. The van der Waals surface area contributed by atoms with E-state index in [4.69, 9.17) is 16.3 Å². The van der Waals surface area contributed by atoms with E-state index >= 15 is 0 Å². The smallest absolute Gasteiger partial charge is 0.235 e. The molecular formula is C22H27ClN4O4S. The first-order valence-electron chi connectivity index (χ1n) is 10.6. The maximum atomic E-state index is 12.8. The Bertz CT molecular complexity index is 1120. The zero-order valence-electron chi connectivity index (χ0n) is 18.3. The van der Waals surface area contributed by atoms with Gasteiger partial charge in [0.05, 0.1) is 17.8 Å². The Morgan fingerprint density at radius 3 is 2.50 bits per heavy atom. The lowest BCUT2D eigenvalue weighted by Gasteiger charge is -2.40. The van der Waals surface area contributed by atoms with Crippen molar-refractivity contribution in [1.29, 1.82) is 0 Å². The molecule has 2 aromatic rings. The number of fused-ring (bicyclic) bond motifs is 2. The van der Waals surface area contributed by atoms with Gasteiger partial charge < -0.3 is 10.1 Å². The molecule has 2 aliphatic rings. The topological polar surface area (TPSA) is 101 Å². The van der Waals surface area contributed by atoms with Crippen LogP contribution < -0.4 is 10.1 Å². The van der Waals surface area contributed by atoms with Gasteiger partial charge in [0.2, 0.25) is 5.91 Å². The highest BCUT2D eigenvalue weighted by Crippen LogP contribution is 2.46. The van der Waals surface area contributed by atoms with Crippen molar-refractivity contribution >= 4 is 33.0 Å². The molecule has 2 atom stereocenters. The minimum absolute atomic E-state index is 0.0545. The van der Waals surface area contributed by atoms with Crippen molar-refractivity contribution in [2.75, 3.05) is 31.3 Å². The summed E-state index contributed by atoms with van der Waals surface area (Å²) in [5.74, 6) is 0.803. The maximum Gasteiger partial charge on any atom is 0.235 e. The first kappa shape index (κ1) is 22.9. The Morgan fingerprint density at radius 1 is 1.22 bits per heavy atom. The van der Waals surface area contributed by atoms with E-state index < -0.39 is 20.5 Å². The van der Waals surface area contributed by atoms with Crippen LogP contribution in [0.2, 0.25) is 5.02 Å². The summed E-state index contributed by atoms with van der Waals surface area (Å²) in [6.45, 7) is 5.62. The van der Waals surface area contributed by atoms with E-state index in [9.17, 15) is 13.2 Å². The molecule has 1 fully saturated rings. The van der Waals surface area contributed by atoms with Gasteiger partial charge in [0.15, 0.2) is 15.6 Å². The molecule has 1 aromatic heterocycles. The van der Waals surface area contributed by atoms with Crippen LogP contribution in [-0.4, -0.2) is 61.2 Å². The first-order chi connectivity index (χ1) is 15.1. The van der Waals surface area contributed by atoms with Crippen LogP contribution in [-0.2, 0) is 20.0 Å². The lowest BCUT2D eigenvalue weighted by atomic mass is 9.73. The van der Waals surface area contributed by atoms with Crippen molar-refractivity contribution in [2.24, 2.45) is 0 Å². The van der Waals surface area contributed by atoms with Crippen molar-refractivity contribution in [2.45, 2.75) is 43.4 Å². The standard InChI is InChI=1S/C22H27ClN4O4S/c1-14(13-31-17-11-24-20(25-12-17)15(2)32(3,29)30)27-8-6-22(7-9-27)18-10-16(23)4-5-19(18)26-21(22)28/h4-5,10-12,14-15H,6-9,13H2,1-3H3,(H,26,28). The van der Waals surface area contributed by atoms with E-state index in [1.165, 1.54) is 12.4 Å². The van der Waals surface area contributed by atoms with Gasteiger partial charge >= 0.3 is 0 Å². The molecule has 1 spiro atoms. The number of carbonyl (C=O) groups is 1. The van der Waals surface area contributed by atoms with Crippen molar-refractivity contribution in [1.82, 2.24) is 14.9 Å². The van der Waals surface area contributed by atoms with Crippen molar-refractivity contribution < 1.29 is 17.9 Å². The second-order valence-electron chi connectivity index (χ2n) is 8.67.